The number of fused-ring (bicyclic) bond motifs is 3. The molecule has 0 atom stereocenters. The Kier molecular flexibility index (Phi) is 5.75. The van der Waals surface area contributed by atoms with Crippen LogP contribution in [0.15, 0.2) is 82.7 Å². The zero-order valence-electron chi connectivity index (χ0n) is 18.3. The molecule has 8 heteroatoms. The number of aromatic nitrogens is 4. The Morgan fingerprint density at radius 1 is 0.970 bits per heavy atom. The van der Waals surface area contributed by atoms with Crippen LogP contribution in [0.4, 0.5) is 0 Å². The summed E-state index contributed by atoms with van der Waals surface area (Å²) in [5.74, 6) is 2.54. The molecule has 2 aromatic heterocycles. The molecule has 2 heterocycles. The maximum absolute atomic E-state index is 13.5. The van der Waals surface area contributed by atoms with Gasteiger partial charge in [0.25, 0.3) is 5.56 Å². The summed E-state index contributed by atoms with van der Waals surface area (Å²) in [5, 5.41) is 10.1. The molecule has 5 aromatic rings. The van der Waals surface area contributed by atoms with Gasteiger partial charge in [0.05, 0.1) is 30.3 Å². The van der Waals surface area contributed by atoms with Gasteiger partial charge in [0.15, 0.2) is 5.16 Å². The topological polar surface area (TPSA) is 70.7 Å². The van der Waals surface area contributed by atoms with Crippen LogP contribution in [-0.4, -0.2) is 38.6 Å². The Morgan fingerprint density at radius 3 is 2.58 bits per heavy atom. The number of nitrogens with zero attached hydrogens (tertiary/aromatic N) is 4. The van der Waals surface area contributed by atoms with Gasteiger partial charge in [0.1, 0.15) is 11.5 Å². The molecule has 0 fully saturated rings. The number of aryl methyl sites for hydroxylation is 1. The van der Waals surface area contributed by atoms with E-state index in [1.165, 1.54) is 11.8 Å². The van der Waals surface area contributed by atoms with Gasteiger partial charge in [-0.05, 0) is 48.9 Å². The van der Waals surface area contributed by atoms with Crippen molar-refractivity contribution >= 4 is 28.4 Å². The van der Waals surface area contributed by atoms with Crippen molar-refractivity contribution in [3.63, 3.8) is 0 Å². The summed E-state index contributed by atoms with van der Waals surface area (Å²) in [6.07, 6.45) is 0. The first kappa shape index (κ1) is 21.1. The highest BCUT2D eigenvalue weighted by molar-refractivity contribution is 7.99. The lowest BCUT2D eigenvalue weighted by Crippen LogP contribution is -2.22. The van der Waals surface area contributed by atoms with Crippen molar-refractivity contribution in [1.82, 2.24) is 19.2 Å². The molecule has 3 aromatic carbocycles. The monoisotopic (exact) mass is 458 g/mol. The van der Waals surface area contributed by atoms with Crippen LogP contribution in [0.25, 0.3) is 22.4 Å². The lowest BCUT2D eigenvalue weighted by molar-refractivity contribution is 0.344. The van der Waals surface area contributed by atoms with E-state index in [4.69, 9.17) is 9.47 Å². The third-order valence-corrected chi connectivity index (χ3v) is 6.19. The number of rotatable bonds is 7. The fourth-order valence-electron chi connectivity index (χ4n) is 3.77. The zero-order valence-corrected chi connectivity index (χ0v) is 19.1. The summed E-state index contributed by atoms with van der Waals surface area (Å²) < 4.78 is 14.9. The van der Waals surface area contributed by atoms with Crippen LogP contribution in [0.5, 0.6) is 11.5 Å². The van der Waals surface area contributed by atoms with Crippen molar-refractivity contribution in [2.75, 3.05) is 19.5 Å². The Hall–Kier alpha value is -3.78. The Labute approximate surface area is 194 Å². The lowest BCUT2D eigenvalue weighted by Gasteiger charge is -2.14. The second-order valence-electron chi connectivity index (χ2n) is 7.46. The first-order valence-corrected chi connectivity index (χ1v) is 11.5. The molecule has 0 radical (unpaired) electrons. The minimum absolute atomic E-state index is 0.168. The van der Waals surface area contributed by atoms with E-state index in [0.717, 1.165) is 16.8 Å². The molecule has 0 amide bonds. The molecular formula is C25H22N4O3S. The molecule has 0 unspecified atom stereocenters. The maximum Gasteiger partial charge on any atom is 0.267 e. The first-order chi connectivity index (χ1) is 16.2. The van der Waals surface area contributed by atoms with E-state index in [0.29, 0.717) is 40.1 Å². The van der Waals surface area contributed by atoms with Crippen LogP contribution >= 0.6 is 11.8 Å². The number of hydrogen-bond acceptors (Lipinski definition) is 6. The van der Waals surface area contributed by atoms with Gasteiger partial charge in [0, 0.05) is 5.75 Å². The second-order valence-corrected chi connectivity index (χ2v) is 8.52. The minimum Gasteiger partial charge on any atom is -0.495 e. The molecule has 0 aliphatic heterocycles. The quantitative estimate of drug-likeness (QED) is 0.264. The molecule has 166 valence electrons. The summed E-state index contributed by atoms with van der Waals surface area (Å²) in [6.45, 7) is 2.50. The van der Waals surface area contributed by atoms with Crippen molar-refractivity contribution in [3.05, 3.63) is 88.7 Å². The standard InChI is InChI=1S/C25H22N4O3S/c1-17-12-13-22(31-2)21(16-17)28-23(30)19-10-6-7-11-20(19)29-24(28)26-27-25(29)33-15-14-32-18-8-4-3-5-9-18/h3-13,16H,14-15H2,1-2H3. The summed E-state index contributed by atoms with van der Waals surface area (Å²) in [5.41, 5.74) is 2.24. The number of hydrogen-bond donors (Lipinski definition) is 0. The maximum atomic E-state index is 13.5. The summed E-state index contributed by atoms with van der Waals surface area (Å²) >= 11 is 1.53. The second kappa shape index (κ2) is 8.99. The molecule has 0 bridgehead atoms. The number of methoxy groups -OCH3 is 1. The fraction of sp³-hybridized carbons (Fsp3) is 0.160. The third kappa shape index (κ3) is 3.93. The smallest absolute Gasteiger partial charge is 0.267 e. The van der Waals surface area contributed by atoms with Gasteiger partial charge in [-0.3, -0.25) is 9.20 Å². The van der Waals surface area contributed by atoms with Gasteiger partial charge >= 0.3 is 0 Å². The van der Waals surface area contributed by atoms with Crippen molar-refractivity contribution < 1.29 is 9.47 Å². The number of benzene rings is 3. The molecule has 0 saturated heterocycles. The average molecular weight is 459 g/mol. The molecule has 0 spiro atoms. The van der Waals surface area contributed by atoms with Crippen molar-refractivity contribution in [2.24, 2.45) is 0 Å². The van der Waals surface area contributed by atoms with Gasteiger partial charge in [-0.25, -0.2) is 4.57 Å². The summed E-state index contributed by atoms with van der Waals surface area (Å²) in [7, 11) is 1.59. The molecule has 0 aliphatic carbocycles. The van der Waals surface area contributed by atoms with Crippen LogP contribution in [-0.2, 0) is 0 Å². The van der Waals surface area contributed by atoms with Crippen molar-refractivity contribution in [1.29, 1.82) is 0 Å². The van der Waals surface area contributed by atoms with Gasteiger partial charge in [-0.1, -0.05) is 48.2 Å². The Morgan fingerprint density at radius 2 is 1.76 bits per heavy atom. The zero-order chi connectivity index (χ0) is 22.8. The van der Waals surface area contributed by atoms with Crippen molar-refractivity contribution in [2.45, 2.75) is 12.1 Å². The van der Waals surface area contributed by atoms with E-state index >= 15 is 0 Å². The van der Waals surface area contributed by atoms with Gasteiger partial charge in [0.2, 0.25) is 5.78 Å². The van der Waals surface area contributed by atoms with Gasteiger partial charge in [-0.2, -0.15) is 0 Å². The van der Waals surface area contributed by atoms with Crippen molar-refractivity contribution in [3.8, 4) is 17.2 Å². The highest BCUT2D eigenvalue weighted by atomic mass is 32.2. The molecule has 0 N–H and O–H groups in total. The van der Waals surface area contributed by atoms with Crippen LogP contribution in [0, 0.1) is 6.92 Å². The number of para-hydroxylation sites is 2. The average Bonchev–Trinajstić information content (AvgIpc) is 3.26. The molecule has 0 saturated carbocycles. The van der Waals surface area contributed by atoms with Gasteiger partial charge < -0.3 is 9.47 Å². The fourth-order valence-corrected chi connectivity index (χ4v) is 4.53. The van der Waals surface area contributed by atoms with E-state index in [-0.39, 0.29) is 5.56 Å². The molecule has 7 nitrogen and oxygen atoms in total. The van der Waals surface area contributed by atoms with E-state index in [1.807, 2.05) is 84.1 Å². The predicted octanol–water partition coefficient (Wildman–Crippen LogP) is 4.52. The first-order valence-electron chi connectivity index (χ1n) is 10.5. The highest BCUT2D eigenvalue weighted by Crippen LogP contribution is 2.28. The number of thioether (sulfide) groups is 1. The minimum atomic E-state index is -0.168. The lowest BCUT2D eigenvalue weighted by atomic mass is 10.2. The van der Waals surface area contributed by atoms with Crippen LogP contribution in [0.2, 0.25) is 0 Å². The Balaban J connectivity index is 1.60. The normalized spacial score (nSPS) is 11.2. The molecule has 5 rings (SSSR count). The van der Waals surface area contributed by atoms with E-state index in [9.17, 15) is 4.79 Å². The summed E-state index contributed by atoms with van der Waals surface area (Å²) in [4.78, 5) is 13.5. The Bertz CT molecular complexity index is 1490. The van der Waals surface area contributed by atoms with Gasteiger partial charge in [-0.15, -0.1) is 10.2 Å². The largest absolute Gasteiger partial charge is 0.495 e. The molecule has 0 aliphatic rings. The van der Waals surface area contributed by atoms with Crippen LogP contribution in [0.1, 0.15) is 5.56 Å². The van der Waals surface area contributed by atoms with E-state index in [2.05, 4.69) is 10.2 Å². The molecule has 33 heavy (non-hydrogen) atoms. The highest BCUT2D eigenvalue weighted by Gasteiger charge is 2.20. The SMILES string of the molecule is COc1ccc(C)cc1-n1c(=O)c2ccccc2n2c(SCCOc3ccccc3)nnc12. The van der Waals surface area contributed by atoms with E-state index in [1.54, 1.807) is 11.7 Å². The summed E-state index contributed by atoms with van der Waals surface area (Å²) in [6, 6.07) is 22.9. The molecular weight excluding hydrogens is 436 g/mol. The number of ether oxygens (including phenoxy) is 2. The predicted molar refractivity (Wildman–Crippen MR) is 130 cm³/mol. The van der Waals surface area contributed by atoms with Crippen LogP contribution in [0.3, 0.4) is 0 Å². The van der Waals surface area contributed by atoms with Crippen LogP contribution < -0.4 is 15.0 Å². The van der Waals surface area contributed by atoms with E-state index < -0.39 is 0 Å². The third-order valence-electron chi connectivity index (χ3n) is 5.30.